The van der Waals surface area contributed by atoms with E-state index in [9.17, 15) is 22.4 Å². The molecule has 3 rings (SSSR count). The summed E-state index contributed by atoms with van der Waals surface area (Å²) in [5.74, 6) is -1.000. The monoisotopic (exact) mass is 442 g/mol. The number of para-hydroxylation sites is 1. The molecule has 152 valence electrons. The molecule has 1 atom stereocenters. The number of carbonyl (C=O) groups is 1. The van der Waals surface area contributed by atoms with E-state index in [0.29, 0.717) is 15.2 Å². The Morgan fingerprint density at radius 2 is 1.90 bits per heavy atom. The average Bonchev–Trinajstić information content (AvgIpc) is 3.08. The Bertz CT molecular complexity index is 1010. The van der Waals surface area contributed by atoms with E-state index in [1.54, 1.807) is 19.1 Å². The van der Waals surface area contributed by atoms with Crippen molar-refractivity contribution in [2.45, 2.75) is 22.7 Å². The third kappa shape index (κ3) is 5.67. The zero-order valence-corrected chi connectivity index (χ0v) is 16.5. The first-order valence-electron chi connectivity index (χ1n) is 8.22. The minimum absolute atomic E-state index is 0.303. The van der Waals surface area contributed by atoms with Crippen molar-refractivity contribution in [1.29, 1.82) is 0 Å². The number of nitrogens with zero attached hydrogens (tertiary/aromatic N) is 2. The largest absolute Gasteiger partial charge is 0.418 e. The summed E-state index contributed by atoms with van der Waals surface area (Å²) >= 11 is 2.20. The van der Waals surface area contributed by atoms with Gasteiger partial charge in [0.1, 0.15) is 5.82 Å². The van der Waals surface area contributed by atoms with Gasteiger partial charge in [-0.25, -0.2) is 4.39 Å². The van der Waals surface area contributed by atoms with Gasteiger partial charge < -0.3 is 10.6 Å². The molecule has 0 fully saturated rings. The van der Waals surface area contributed by atoms with Gasteiger partial charge in [-0.15, -0.1) is 10.2 Å². The van der Waals surface area contributed by atoms with Gasteiger partial charge in [-0.1, -0.05) is 41.3 Å². The topological polar surface area (TPSA) is 66.9 Å². The molecule has 0 aliphatic rings. The van der Waals surface area contributed by atoms with Crippen molar-refractivity contribution in [3.8, 4) is 0 Å². The Hall–Kier alpha value is -2.66. The molecule has 29 heavy (non-hydrogen) atoms. The second-order valence-corrected chi connectivity index (χ2v) is 8.37. The molecule has 0 spiro atoms. The Balaban J connectivity index is 1.63. The third-order valence-corrected chi connectivity index (χ3v) is 5.64. The zero-order valence-electron chi connectivity index (χ0n) is 14.8. The molecular weight excluding hydrogens is 428 g/mol. The van der Waals surface area contributed by atoms with Crippen LogP contribution in [0.2, 0.25) is 0 Å². The van der Waals surface area contributed by atoms with Crippen LogP contribution in [0, 0.1) is 5.82 Å². The third-order valence-electron chi connectivity index (χ3n) is 3.62. The predicted molar refractivity (Wildman–Crippen MR) is 105 cm³/mol. The number of hydrogen-bond acceptors (Lipinski definition) is 6. The lowest BCUT2D eigenvalue weighted by Gasteiger charge is -2.15. The van der Waals surface area contributed by atoms with Gasteiger partial charge in [-0.05, 0) is 37.3 Å². The summed E-state index contributed by atoms with van der Waals surface area (Å²) in [6.45, 7) is 1.55. The quantitative estimate of drug-likeness (QED) is 0.387. The number of anilines is 3. The molecule has 0 saturated heterocycles. The molecule has 0 bridgehead atoms. The maximum absolute atomic E-state index is 13.2. The van der Waals surface area contributed by atoms with Crippen LogP contribution < -0.4 is 10.6 Å². The van der Waals surface area contributed by atoms with E-state index in [2.05, 4.69) is 20.8 Å². The molecule has 5 nitrogen and oxygen atoms in total. The van der Waals surface area contributed by atoms with E-state index < -0.39 is 28.7 Å². The van der Waals surface area contributed by atoms with Crippen LogP contribution in [0.5, 0.6) is 0 Å². The molecule has 1 heterocycles. The fraction of sp³-hybridized carbons (Fsp3) is 0.167. The molecule has 1 unspecified atom stereocenters. The SMILES string of the molecule is CC(Sc1nnc(Nc2cccc(F)c2)s1)C(=O)Nc1ccccc1C(F)(F)F. The number of amides is 1. The summed E-state index contributed by atoms with van der Waals surface area (Å²) in [5.41, 5.74) is -0.724. The molecule has 11 heteroatoms. The van der Waals surface area contributed by atoms with Crippen molar-refractivity contribution in [3.63, 3.8) is 0 Å². The summed E-state index contributed by atoms with van der Waals surface area (Å²) in [4.78, 5) is 12.3. The number of benzene rings is 2. The smallest absolute Gasteiger partial charge is 0.330 e. The molecule has 0 aliphatic carbocycles. The van der Waals surface area contributed by atoms with Gasteiger partial charge >= 0.3 is 6.18 Å². The van der Waals surface area contributed by atoms with Gasteiger partial charge in [0.05, 0.1) is 16.5 Å². The molecule has 3 aromatic rings. The van der Waals surface area contributed by atoms with Crippen LogP contribution >= 0.6 is 23.1 Å². The summed E-state index contributed by atoms with van der Waals surface area (Å²) in [7, 11) is 0. The van der Waals surface area contributed by atoms with E-state index in [1.165, 1.54) is 30.3 Å². The summed E-state index contributed by atoms with van der Waals surface area (Å²) in [6.07, 6.45) is -4.57. The lowest BCUT2D eigenvalue weighted by Crippen LogP contribution is -2.24. The van der Waals surface area contributed by atoms with Crippen LogP contribution in [0.1, 0.15) is 12.5 Å². The first-order chi connectivity index (χ1) is 13.7. The molecular formula is C18H14F4N4OS2. The molecule has 1 amide bonds. The molecule has 0 saturated carbocycles. The Morgan fingerprint density at radius 3 is 2.62 bits per heavy atom. The Morgan fingerprint density at radius 1 is 1.14 bits per heavy atom. The summed E-state index contributed by atoms with van der Waals surface area (Å²) in [6, 6.07) is 10.6. The number of rotatable bonds is 6. The van der Waals surface area contributed by atoms with E-state index in [1.807, 2.05) is 0 Å². The number of nitrogens with one attached hydrogen (secondary N) is 2. The van der Waals surface area contributed by atoms with Gasteiger partial charge in [0, 0.05) is 5.69 Å². The maximum Gasteiger partial charge on any atom is 0.418 e. The average molecular weight is 442 g/mol. The van der Waals surface area contributed by atoms with E-state index in [-0.39, 0.29) is 5.69 Å². The highest BCUT2D eigenvalue weighted by molar-refractivity contribution is 8.02. The molecule has 0 aliphatic heterocycles. The minimum Gasteiger partial charge on any atom is -0.330 e. The normalized spacial score (nSPS) is 12.4. The number of carbonyl (C=O) groups excluding carboxylic acids is 1. The highest BCUT2D eigenvalue weighted by Crippen LogP contribution is 2.35. The maximum atomic E-state index is 13.2. The van der Waals surface area contributed by atoms with Crippen molar-refractivity contribution < 1.29 is 22.4 Å². The molecule has 1 aromatic heterocycles. The second kappa shape index (κ2) is 8.78. The Labute approximate surface area is 171 Å². The second-order valence-electron chi connectivity index (χ2n) is 5.80. The van der Waals surface area contributed by atoms with Gasteiger partial charge in [0.2, 0.25) is 11.0 Å². The highest BCUT2D eigenvalue weighted by Gasteiger charge is 2.34. The lowest BCUT2D eigenvalue weighted by molar-refractivity contribution is -0.137. The zero-order chi connectivity index (χ0) is 21.0. The van der Waals surface area contributed by atoms with Crippen LogP contribution in [-0.4, -0.2) is 21.4 Å². The van der Waals surface area contributed by atoms with Crippen LogP contribution in [0.4, 0.5) is 34.1 Å². The van der Waals surface area contributed by atoms with Gasteiger partial charge in [0.25, 0.3) is 0 Å². The van der Waals surface area contributed by atoms with Crippen LogP contribution in [-0.2, 0) is 11.0 Å². The molecule has 2 aromatic carbocycles. The van der Waals surface area contributed by atoms with Crippen LogP contribution in [0.3, 0.4) is 0 Å². The van der Waals surface area contributed by atoms with Crippen molar-refractivity contribution in [2.75, 3.05) is 10.6 Å². The number of thioether (sulfide) groups is 1. The first-order valence-corrected chi connectivity index (χ1v) is 9.92. The Kier molecular flexibility index (Phi) is 6.38. The van der Waals surface area contributed by atoms with E-state index in [4.69, 9.17) is 0 Å². The molecule has 2 N–H and O–H groups in total. The molecule has 0 radical (unpaired) electrons. The van der Waals surface area contributed by atoms with E-state index >= 15 is 0 Å². The minimum atomic E-state index is -4.57. The van der Waals surface area contributed by atoms with Crippen LogP contribution in [0.25, 0.3) is 0 Å². The van der Waals surface area contributed by atoms with Crippen molar-refractivity contribution >= 4 is 45.5 Å². The first kappa shape index (κ1) is 21.1. The summed E-state index contributed by atoms with van der Waals surface area (Å²) < 4.78 is 52.8. The van der Waals surface area contributed by atoms with Gasteiger partial charge in [0.15, 0.2) is 4.34 Å². The fourth-order valence-corrected chi connectivity index (χ4v) is 4.19. The van der Waals surface area contributed by atoms with E-state index in [0.717, 1.165) is 29.2 Å². The van der Waals surface area contributed by atoms with Crippen molar-refractivity contribution in [3.05, 3.63) is 59.9 Å². The van der Waals surface area contributed by atoms with Crippen LogP contribution in [0.15, 0.2) is 52.9 Å². The van der Waals surface area contributed by atoms with Gasteiger partial charge in [-0.3, -0.25) is 4.79 Å². The number of halogens is 4. The van der Waals surface area contributed by atoms with Crippen molar-refractivity contribution in [2.24, 2.45) is 0 Å². The number of hydrogen-bond donors (Lipinski definition) is 2. The fourth-order valence-electron chi connectivity index (χ4n) is 2.28. The van der Waals surface area contributed by atoms with Gasteiger partial charge in [-0.2, -0.15) is 13.2 Å². The lowest BCUT2D eigenvalue weighted by atomic mass is 10.1. The van der Waals surface area contributed by atoms with Crippen molar-refractivity contribution in [1.82, 2.24) is 10.2 Å². The number of aromatic nitrogens is 2. The summed E-state index contributed by atoms with van der Waals surface area (Å²) in [5, 5.41) is 12.7. The predicted octanol–water partition coefficient (Wildman–Crippen LogP) is 5.56. The standard InChI is InChI=1S/C18H14F4N4OS2/c1-10(15(27)24-14-8-3-2-7-13(14)18(20,21)22)28-17-26-25-16(29-17)23-12-6-4-5-11(19)9-12/h2-10H,1H3,(H,23,25)(H,24,27). The highest BCUT2D eigenvalue weighted by atomic mass is 32.2. The number of alkyl halides is 3.